The maximum atomic E-state index is 12.8. The summed E-state index contributed by atoms with van der Waals surface area (Å²) in [5.41, 5.74) is 3.39. The lowest BCUT2D eigenvalue weighted by Gasteiger charge is -2.14. The third-order valence-corrected chi connectivity index (χ3v) is 8.35. The summed E-state index contributed by atoms with van der Waals surface area (Å²) in [5.74, 6) is 0.478. The minimum absolute atomic E-state index is 0.144. The molecule has 1 atom stereocenters. The molecule has 192 valence electrons. The average molecular weight is 536 g/mol. The van der Waals surface area contributed by atoms with Crippen molar-refractivity contribution in [3.63, 3.8) is 0 Å². The van der Waals surface area contributed by atoms with Gasteiger partial charge >= 0.3 is 0 Å². The van der Waals surface area contributed by atoms with Crippen LogP contribution in [0.15, 0.2) is 88.8 Å². The number of ether oxygens (including phenoxy) is 1. The first-order chi connectivity index (χ1) is 17.8. The predicted octanol–water partition coefficient (Wildman–Crippen LogP) is 5.19. The van der Waals surface area contributed by atoms with Gasteiger partial charge < -0.3 is 10.1 Å². The maximum Gasteiger partial charge on any atom is 0.240 e. The summed E-state index contributed by atoms with van der Waals surface area (Å²) in [6.07, 6.45) is 0.599. The van der Waals surface area contributed by atoms with Gasteiger partial charge in [0.25, 0.3) is 0 Å². The minimum Gasteiger partial charge on any atom is -0.494 e. The molecule has 2 N–H and O–H groups in total. The van der Waals surface area contributed by atoms with Gasteiger partial charge in [0.15, 0.2) is 0 Å². The number of rotatable bonds is 10. The molecule has 1 amide bonds. The lowest BCUT2D eigenvalue weighted by atomic mass is 10.1. The molecule has 0 aliphatic rings. The van der Waals surface area contributed by atoms with Crippen LogP contribution in [0.1, 0.15) is 18.1 Å². The molecule has 0 radical (unpaired) electrons. The minimum atomic E-state index is -3.65. The molecule has 0 bridgehead atoms. The van der Waals surface area contributed by atoms with Gasteiger partial charge in [-0.1, -0.05) is 54.2 Å². The van der Waals surface area contributed by atoms with E-state index >= 15 is 0 Å². The molecule has 9 heteroatoms. The molecule has 1 aromatic heterocycles. The number of nitrogens with one attached hydrogen (secondary N) is 2. The SMILES string of the molecule is COc1cccc2c(C)cc(SC(C)C(=O)Nc3ccc(S(=O)(=O)NCCc4ccccc4)cc3)nc12. The van der Waals surface area contributed by atoms with Gasteiger partial charge in [-0.25, -0.2) is 18.1 Å². The second-order valence-corrected chi connectivity index (χ2v) is 11.7. The number of pyridine rings is 1. The Morgan fingerprint density at radius 3 is 2.46 bits per heavy atom. The molecule has 0 spiro atoms. The van der Waals surface area contributed by atoms with E-state index in [4.69, 9.17) is 9.72 Å². The molecule has 0 saturated heterocycles. The van der Waals surface area contributed by atoms with Crippen molar-refractivity contribution in [2.24, 2.45) is 0 Å². The number of carbonyl (C=O) groups excluding carboxylic acids is 1. The zero-order chi connectivity index (χ0) is 26.4. The number of methoxy groups -OCH3 is 1. The Hall–Kier alpha value is -3.40. The number of carbonyl (C=O) groups is 1. The monoisotopic (exact) mass is 535 g/mol. The Morgan fingerprint density at radius 2 is 1.76 bits per heavy atom. The van der Waals surface area contributed by atoms with Crippen LogP contribution >= 0.6 is 11.8 Å². The van der Waals surface area contributed by atoms with E-state index in [1.165, 1.54) is 23.9 Å². The van der Waals surface area contributed by atoms with Crippen LogP contribution in [-0.2, 0) is 21.2 Å². The summed E-state index contributed by atoms with van der Waals surface area (Å²) in [5, 5.41) is 4.15. The third kappa shape index (κ3) is 6.68. The van der Waals surface area contributed by atoms with Crippen molar-refractivity contribution in [1.82, 2.24) is 9.71 Å². The predicted molar refractivity (Wildman–Crippen MR) is 149 cm³/mol. The first kappa shape index (κ1) is 26.7. The number of hydrogen-bond donors (Lipinski definition) is 2. The molecular formula is C28H29N3O4S2. The number of aryl methyl sites for hydroxylation is 1. The molecule has 1 heterocycles. The smallest absolute Gasteiger partial charge is 0.240 e. The highest BCUT2D eigenvalue weighted by Crippen LogP contribution is 2.31. The van der Waals surface area contributed by atoms with Gasteiger partial charge in [-0.05, 0) is 67.8 Å². The molecule has 1 unspecified atom stereocenters. The number of fused-ring (bicyclic) bond motifs is 1. The largest absolute Gasteiger partial charge is 0.494 e. The number of thioether (sulfide) groups is 1. The summed E-state index contributed by atoms with van der Waals surface area (Å²) in [6, 6.07) is 23.6. The molecule has 0 aliphatic heterocycles. The van der Waals surface area contributed by atoms with E-state index in [2.05, 4.69) is 10.0 Å². The highest BCUT2D eigenvalue weighted by Gasteiger charge is 2.18. The fraction of sp³-hybridized carbons (Fsp3) is 0.214. The van der Waals surface area contributed by atoms with E-state index in [1.54, 1.807) is 26.2 Å². The van der Waals surface area contributed by atoms with E-state index in [1.807, 2.05) is 61.5 Å². The first-order valence-electron chi connectivity index (χ1n) is 11.8. The van der Waals surface area contributed by atoms with Gasteiger partial charge in [0, 0.05) is 17.6 Å². The van der Waals surface area contributed by atoms with E-state index in [0.29, 0.717) is 24.4 Å². The van der Waals surface area contributed by atoms with E-state index in [9.17, 15) is 13.2 Å². The summed E-state index contributed by atoms with van der Waals surface area (Å²) in [4.78, 5) is 17.7. The van der Waals surface area contributed by atoms with Gasteiger partial charge in [-0.3, -0.25) is 4.79 Å². The van der Waals surface area contributed by atoms with Crippen molar-refractivity contribution in [1.29, 1.82) is 0 Å². The number of aromatic nitrogens is 1. The van der Waals surface area contributed by atoms with Crippen molar-refractivity contribution in [3.8, 4) is 5.75 Å². The second-order valence-electron chi connectivity index (χ2n) is 8.54. The average Bonchev–Trinajstić information content (AvgIpc) is 2.89. The van der Waals surface area contributed by atoms with E-state index in [0.717, 1.165) is 27.1 Å². The maximum absolute atomic E-state index is 12.8. The summed E-state index contributed by atoms with van der Waals surface area (Å²) in [6.45, 7) is 4.11. The Balaban J connectivity index is 1.36. The van der Waals surface area contributed by atoms with Crippen LogP contribution in [0.5, 0.6) is 5.75 Å². The van der Waals surface area contributed by atoms with Crippen molar-refractivity contribution in [2.75, 3.05) is 19.0 Å². The van der Waals surface area contributed by atoms with Gasteiger partial charge in [0.2, 0.25) is 15.9 Å². The van der Waals surface area contributed by atoms with E-state index in [-0.39, 0.29) is 10.8 Å². The Kier molecular flexibility index (Phi) is 8.48. The van der Waals surface area contributed by atoms with Gasteiger partial charge in [-0.2, -0.15) is 0 Å². The highest BCUT2D eigenvalue weighted by molar-refractivity contribution is 8.00. The molecule has 37 heavy (non-hydrogen) atoms. The molecule has 4 rings (SSSR count). The van der Waals surface area contributed by atoms with Gasteiger partial charge in [0.1, 0.15) is 11.3 Å². The Labute approximate surface area is 221 Å². The number of para-hydroxylation sites is 1. The van der Waals surface area contributed by atoms with Crippen LogP contribution in [0.4, 0.5) is 5.69 Å². The third-order valence-electron chi connectivity index (χ3n) is 5.85. The Morgan fingerprint density at radius 1 is 1.03 bits per heavy atom. The molecule has 0 fully saturated rings. The molecule has 7 nitrogen and oxygen atoms in total. The first-order valence-corrected chi connectivity index (χ1v) is 14.2. The summed E-state index contributed by atoms with van der Waals surface area (Å²) < 4.78 is 33.3. The van der Waals surface area contributed by atoms with Crippen LogP contribution in [0.3, 0.4) is 0 Å². The topological polar surface area (TPSA) is 97.4 Å². The van der Waals surface area contributed by atoms with Crippen molar-refractivity contribution in [2.45, 2.75) is 35.4 Å². The number of nitrogens with zero attached hydrogens (tertiary/aromatic N) is 1. The lowest BCUT2D eigenvalue weighted by Crippen LogP contribution is -2.26. The summed E-state index contributed by atoms with van der Waals surface area (Å²) >= 11 is 1.35. The van der Waals surface area contributed by atoms with Crippen LogP contribution in [0.2, 0.25) is 0 Å². The second kappa shape index (κ2) is 11.8. The van der Waals surface area contributed by atoms with Crippen LogP contribution in [0, 0.1) is 6.92 Å². The molecule has 0 saturated carbocycles. The number of hydrogen-bond acceptors (Lipinski definition) is 6. The van der Waals surface area contributed by atoms with Crippen molar-refractivity contribution >= 4 is 44.3 Å². The number of amides is 1. The lowest BCUT2D eigenvalue weighted by molar-refractivity contribution is -0.115. The van der Waals surface area contributed by atoms with E-state index < -0.39 is 15.3 Å². The molecule has 0 aliphatic carbocycles. The highest BCUT2D eigenvalue weighted by atomic mass is 32.2. The fourth-order valence-electron chi connectivity index (χ4n) is 3.84. The van der Waals surface area contributed by atoms with Crippen LogP contribution < -0.4 is 14.8 Å². The molecule has 4 aromatic rings. The number of benzene rings is 3. The normalized spacial score (nSPS) is 12.3. The number of anilines is 1. The number of sulfonamides is 1. The fourth-order valence-corrected chi connectivity index (χ4v) is 5.79. The van der Waals surface area contributed by atoms with Gasteiger partial charge in [0.05, 0.1) is 22.3 Å². The molecular weight excluding hydrogens is 506 g/mol. The van der Waals surface area contributed by atoms with Crippen LogP contribution in [0.25, 0.3) is 10.9 Å². The Bertz CT molecular complexity index is 1490. The summed E-state index contributed by atoms with van der Waals surface area (Å²) in [7, 11) is -2.04. The zero-order valence-corrected chi connectivity index (χ0v) is 22.5. The molecule has 3 aromatic carbocycles. The van der Waals surface area contributed by atoms with Crippen molar-refractivity contribution in [3.05, 3.63) is 90.0 Å². The van der Waals surface area contributed by atoms with Crippen LogP contribution in [-0.4, -0.2) is 38.2 Å². The zero-order valence-electron chi connectivity index (χ0n) is 20.9. The van der Waals surface area contributed by atoms with Gasteiger partial charge in [-0.15, -0.1) is 0 Å². The standard InChI is InChI=1S/C28H29N3O4S2/c1-19-18-26(31-27-24(19)10-7-11-25(27)35-3)36-20(2)28(32)30-22-12-14-23(15-13-22)37(33,34)29-17-16-21-8-5-4-6-9-21/h4-15,18,20,29H,16-17H2,1-3H3,(H,30,32). The quantitative estimate of drug-likeness (QED) is 0.271. The van der Waals surface area contributed by atoms with Crippen molar-refractivity contribution < 1.29 is 17.9 Å².